The zero-order valence-corrected chi connectivity index (χ0v) is 18.0. The van der Waals surface area contributed by atoms with Gasteiger partial charge < -0.3 is 4.90 Å². The second-order valence-electron chi connectivity index (χ2n) is 6.28. The molecule has 146 valence electrons. The van der Waals surface area contributed by atoms with Crippen molar-refractivity contribution in [3.63, 3.8) is 0 Å². The van der Waals surface area contributed by atoms with Gasteiger partial charge in [-0.15, -0.1) is 29.3 Å². The van der Waals surface area contributed by atoms with Gasteiger partial charge in [0.2, 0.25) is 5.91 Å². The standard InChI is InChI=1S/C18H21ClN2O3S3/c1-2-9-20(13-15-5-7-16(19)25-15)17(22)12-14-6-8-18(26-14)27(23,24)21-10-3-4-11-21/h2,5-8H,1,3-4,9-13H2. The Morgan fingerprint density at radius 3 is 2.52 bits per heavy atom. The van der Waals surface area contributed by atoms with Crippen LogP contribution in [0.5, 0.6) is 0 Å². The second-order valence-corrected chi connectivity index (χ2v) is 11.4. The summed E-state index contributed by atoms with van der Waals surface area (Å²) < 4.78 is 27.8. The zero-order chi connectivity index (χ0) is 19.4. The summed E-state index contributed by atoms with van der Waals surface area (Å²) in [6.45, 7) is 5.76. The molecule has 1 aliphatic rings. The van der Waals surface area contributed by atoms with E-state index in [1.54, 1.807) is 23.1 Å². The van der Waals surface area contributed by atoms with E-state index >= 15 is 0 Å². The third-order valence-electron chi connectivity index (χ3n) is 4.30. The minimum absolute atomic E-state index is 0.0635. The smallest absolute Gasteiger partial charge is 0.252 e. The maximum atomic E-state index is 12.7. The monoisotopic (exact) mass is 444 g/mol. The van der Waals surface area contributed by atoms with Gasteiger partial charge in [-0.3, -0.25) is 4.79 Å². The minimum atomic E-state index is -3.43. The number of carbonyl (C=O) groups is 1. The van der Waals surface area contributed by atoms with Crippen molar-refractivity contribution in [2.24, 2.45) is 0 Å². The first-order valence-corrected chi connectivity index (χ1v) is 12.1. The molecule has 1 saturated heterocycles. The Morgan fingerprint density at radius 1 is 1.19 bits per heavy atom. The first-order valence-electron chi connectivity index (χ1n) is 8.62. The van der Waals surface area contributed by atoms with E-state index in [0.29, 0.717) is 34.7 Å². The SMILES string of the molecule is C=CCN(Cc1ccc(Cl)s1)C(=O)Cc1ccc(S(=O)(=O)N2CCCC2)s1. The molecule has 0 atom stereocenters. The van der Waals surface area contributed by atoms with Gasteiger partial charge in [-0.1, -0.05) is 17.7 Å². The molecule has 3 rings (SSSR count). The van der Waals surface area contributed by atoms with Gasteiger partial charge in [0.15, 0.2) is 0 Å². The molecule has 2 aromatic rings. The molecule has 0 aromatic carbocycles. The summed E-state index contributed by atoms with van der Waals surface area (Å²) >= 11 is 8.59. The number of thiophene rings is 2. The van der Waals surface area contributed by atoms with Crippen LogP contribution in [-0.2, 0) is 27.8 Å². The second kappa shape index (κ2) is 8.87. The van der Waals surface area contributed by atoms with E-state index in [1.807, 2.05) is 12.1 Å². The van der Waals surface area contributed by atoms with Crippen molar-refractivity contribution >= 4 is 50.2 Å². The van der Waals surface area contributed by atoms with Crippen LogP contribution in [0.3, 0.4) is 0 Å². The van der Waals surface area contributed by atoms with E-state index in [-0.39, 0.29) is 12.3 Å². The molecule has 0 saturated carbocycles. The summed E-state index contributed by atoms with van der Waals surface area (Å²) in [4.78, 5) is 16.2. The van der Waals surface area contributed by atoms with Crippen LogP contribution in [0.1, 0.15) is 22.6 Å². The first-order chi connectivity index (χ1) is 12.9. The summed E-state index contributed by atoms with van der Waals surface area (Å²) in [5.74, 6) is -0.0635. The van der Waals surface area contributed by atoms with Crippen LogP contribution >= 0.6 is 34.3 Å². The van der Waals surface area contributed by atoms with Gasteiger partial charge in [0.05, 0.1) is 17.3 Å². The average molecular weight is 445 g/mol. The Bertz CT molecular complexity index is 914. The molecule has 0 unspecified atom stereocenters. The molecule has 1 aliphatic heterocycles. The molecule has 1 amide bonds. The fourth-order valence-corrected chi connectivity index (χ4v) is 7.07. The van der Waals surface area contributed by atoms with Gasteiger partial charge >= 0.3 is 0 Å². The van der Waals surface area contributed by atoms with Gasteiger partial charge in [0.1, 0.15) is 4.21 Å². The largest absolute Gasteiger partial charge is 0.334 e. The number of halogens is 1. The molecule has 0 bridgehead atoms. The van der Waals surface area contributed by atoms with Crippen LogP contribution in [0.25, 0.3) is 0 Å². The predicted molar refractivity (Wildman–Crippen MR) is 111 cm³/mol. The maximum Gasteiger partial charge on any atom is 0.252 e. The van der Waals surface area contributed by atoms with Gasteiger partial charge in [-0.05, 0) is 37.1 Å². The van der Waals surface area contributed by atoms with E-state index in [1.165, 1.54) is 27.0 Å². The molecule has 0 radical (unpaired) electrons. The Hall–Kier alpha value is -1.19. The lowest BCUT2D eigenvalue weighted by Gasteiger charge is -2.20. The number of hydrogen-bond acceptors (Lipinski definition) is 5. The van der Waals surface area contributed by atoms with Gasteiger partial charge in [-0.25, -0.2) is 8.42 Å². The summed E-state index contributed by atoms with van der Waals surface area (Å²) in [5.41, 5.74) is 0. The highest BCUT2D eigenvalue weighted by atomic mass is 35.5. The van der Waals surface area contributed by atoms with Gasteiger partial charge in [0, 0.05) is 29.4 Å². The Morgan fingerprint density at radius 2 is 1.89 bits per heavy atom. The number of carbonyl (C=O) groups excluding carboxylic acids is 1. The predicted octanol–water partition coefficient (Wildman–Crippen LogP) is 4.00. The molecule has 5 nitrogen and oxygen atoms in total. The van der Waals surface area contributed by atoms with Crippen LogP contribution in [0.2, 0.25) is 4.34 Å². The fourth-order valence-electron chi connectivity index (χ4n) is 2.94. The lowest BCUT2D eigenvalue weighted by Crippen LogP contribution is -2.31. The van der Waals surface area contributed by atoms with Gasteiger partial charge in [0.25, 0.3) is 10.0 Å². The summed E-state index contributed by atoms with van der Waals surface area (Å²) in [5, 5.41) is 0. The molecule has 27 heavy (non-hydrogen) atoms. The molecule has 0 N–H and O–H groups in total. The number of sulfonamides is 1. The highest BCUT2D eigenvalue weighted by molar-refractivity contribution is 7.91. The van der Waals surface area contributed by atoms with Crippen molar-refractivity contribution in [3.05, 3.63) is 51.0 Å². The highest BCUT2D eigenvalue weighted by Gasteiger charge is 2.28. The number of nitrogens with zero attached hydrogens (tertiary/aromatic N) is 2. The topological polar surface area (TPSA) is 57.7 Å². The molecular weight excluding hydrogens is 424 g/mol. The van der Waals surface area contributed by atoms with Crippen LogP contribution < -0.4 is 0 Å². The van der Waals surface area contributed by atoms with Crippen molar-refractivity contribution < 1.29 is 13.2 Å². The van der Waals surface area contributed by atoms with Crippen molar-refractivity contribution in [2.75, 3.05) is 19.6 Å². The third-order valence-corrected chi connectivity index (χ3v) is 8.97. The summed E-state index contributed by atoms with van der Waals surface area (Å²) in [6, 6.07) is 7.06. The number of amides is 1. The molecule has 0 spiro atoms. The number of hydrogen-bond donors (Lipinski definition) is 0. The van der Waals surface area contributed by atoms with Crippen LogP contribution in [-0.4, -0.2) is 43.2 Å². The third kappa shape index (κ3) is 5.00. The Balaban J connectivity index is 1.69. The molecule has 2 aromatic heterocycles. The Kier molecular flexibility index (Phi) is 6.75. The summed E-state index contributed by atoms with van der Waals surface area (Å²) in [7, 11) is -3.43. The van der Waals surface area contributed by atoms with Crippen molar-refractivity contribution in [2.45, 2.75) is 30.0 Å². The van der Waals surface area contributed by atoms with Crippen molar-refractivity contribution in [1.82, 2.24) is 9.21 Å². The van der Waals surface area contributed by atoms with Crippen LogP contribution in [0.4, 0.5) is 0 Å². The average Bonchev–Trinajstić information content (AvgIpc) is 3.36. The van der Waals surface area contributed by atoms with E-state index in [0.717, 1.165) is 22.6 Å². The van der Waals surface area contributed by atoms with Gasteiger partial charge in [-0.2, -0.15) is 4.31 Å². The van der Waals surface area contributed by atoms with Crippen molar-refractivity contribution in [1.29, 1.82) is 0 Å². The number of rotatable bonds is 8. The van der Waals surface area contributed by atoms with Crippen LogP contribution in [0.15, 0.2) is 41.1 Å². The molecule has 0 aliphatic carbocycles. The lowest BCUT2D eigenvalue weighted by molar-refractivity contribution is -0.130. The van der Waals surface area contributed by atoms with E-state index in [2.05, 4.69) is 6.58 Å². The summed E-state index contributed by atoms with van der Waals surface area (Å²) in [6.07, 6.45) is 3.66. The van der Waals surface area contributed by atoms with E-state index in [9.17, 15) is 13.2 Å². The van der Waals surface area contributed by atoms with Crippen LogP contribution in [0, 0.1) is 0 Å². The molecular formula is C18H21ClN2O3S3. The minimum Gasteiger partial charge on any atom is -0.334 e. The van der Waals surface area contributed by atoms with Crippen molar-refractivity contribution in [3.8, 4) is 0 Å². The normalized spacial score (nSPS) is 15.1. The lowest BCUT2D eigenvalue weighted by atomic mass is 10.3. The zero-order valence-electron chi connectivity index (χ0n) is 14.8. The van der Waals surface area contributed by atoms with E-state index < -0.39 is 10.0 Å². The first kappa shape index (κ1) is 20.5. The fraction of sp³-hybridized carbons (Fsp3) is 0.389. The maximum absolute atomic E-state index is 12.7. The molecule has 1 fully saturated rings. The molecule has 3 heterocycles. The van der Waals surface area contributed by atoms with E-state index in [4.69, 9.17) is 11.6 Å². The highest BCUT2D eigenvalue weighted by Crippen LogP contribution is 2.28. The molecule has 9 heteroatoms. The quantitative estimate of drug-likeness (QED) is 0.578. The Labute approximate surface area is 172 Å².